The van der Waals surface area contributed by atoms with Gasteiger partial charge in [0, 0.05) is 12.0 Å². The zero-order valence-electron chi connectivity index (χ0n) is 11.0. The van der Waals surface area contributed by atoms with Gasteiger partial charge in [0.15, 0.2) is 5.65 Å². The Morgan fingerprint density at radius 3 is 2.94 bits per heavy atom. The lowest BCUT2D eigenvalue weighted by molar-refractivity contribution is 0.470. The average Bonchev–Trinajstić information content (AvgIpc) is 2.76. The maximum atomic E-state index is 11.5. The number of fused-ring (bicyclic) bond motifs is 1. The van der Waals surface area contributed by atoms with Gasteiger partial charge in [-0.3, -0.25) is 0 Å². The van der Waals surface area contributed by atoms with Crippen LogP contribution in [0.2, 0.25) is 0 Å². The fourth-order valence-electron chi connectivity index (χ4n) is 1.86. The number of rotatable bonds is 5. The van der Waals surface area contributed by atoms with E-state index in [0.717, 1.165) is 18.7 Å². The van der Waals surface area contributed by atoms with E-state index in [1.54, 1.807) is 0 Å². The van der Waals surface area contributed by atoms with Crippen molar-refractivity contribution in [2.75, 3.05) is 6.54 Å². The Labute approximate surface area is 105 Å². The Morgan fingerprint density at radius 1 is 1.44 bits per heavy atom. The lowest BCUT2D eigenvalue weighted by atomic mass is 9.99. The van der Waals surface area contributed by atoms with Gasteiger partial charge in [-0.2, -0.15) is 14.7 Å². The third-order valence-electron chi connectivity index (χ3n) is 3.23. The molecule has 0 aliphatic heterocycles. The first-order chi connectivity index (χ1) is 8.63. The van der Waals surface area contributed by atoms with Gasteiger partial charge < -0.3 is 5.32 Å². The van der Waals surface area contributed by atoms with Gasteiger partial charge in [-0.1, -0.05) is 13.8 Å². The molecule has 0 radical (unpaired) electrons. The van der Waals surface area contributed by atoms with Crippen LogP contribution in [0.1, 0.15) is 38.8 Å². The summed E-state index contributed by atoms with van der Waals surface area (Å²) in [5, 5.41) is 14.0. The van der Waals surface area contributed by atoms with Crippen LogP contribution < -0.4 is 11.0 Å². The molecule has 2 heterocycles. The van der Waals surface area contributed by atoms with Crippen LogP contribution in [0.5, 0.6) is 0 Å². The van der Waals surface area contributed by atoms with E-state index < -0.39 is 0 Å². The van der Waals surface area contributed by atoms with E-state index in [0.29, 0.717) is 11.7 Å². The first kappa shape index (κ1) is 12.8. The molecule has 98 valence electrons. The van der Waals surface area contributed by atoms with Crippen molar-refractivity contribution in [1.29, 1.82) is 0 Å². The Morgan fingerprint density at radius 2 is 2.22 bits per heavy atom. The van der Waals surface area contributed by atoms with E-state index in [4.69, 9.17) is 0 Å². The average molecular weight is 249 g/mol. The summed E-state index contributed by atoms with van der Waals surface area (Å²) in [5.41, 5.74) is 1.14. The molecule has 2 aromatic rings. The fraction of sp³-hybridized carbons (Fsp3) is 0.583. The summed E-state index contributed by atoms with van der Waals surface area (Å²) < 4.78 is 1.30. The van der Waals surface area contributed by atoms with Crippen molar-refractivity contribution >= 4 is 5.65 Å². The second-order valence-corrected chi connectivity index (χ2v) is 4.59. The summed E-state index contributed by atoms with van der Waals surface area (Å²) in [7, 11) is 0. The van der Waals surface area contributed by atoms with Gasteiger partial charge in [-0.05, 0) is 32.0 Å². The molecule has 2 aromatic heterocycles. The highest BCUT2D eigenvalue weighted by Gasteiger charge is 2.16. The minimum atomic E-state index is -0.298. The number of hydrogen-bond donors (Lipinski definition) is 2. The number of H-pyrrole nitrogens is 1. The topological polar surface area (TPSA) is 75.1 Å². The molecule has 0 aliphatic carbocycles. The van der Waals surface area contributed by atoms with Crippen LogP contribution in [0.4, 0.5) is 0 Å². The van der Waals surface area contributed by atoms with Crippen LogP contribution in [0.3, 0.4) is 0 Å². The highest BCUT2D eigenvalue weighted by atomic mass is 16.2. The van der Waals surface area contributed by atoms with E-state index in [9.17, 15) is 4.79 Å². The zero-order valence-corrected chi connectivity index (χ0v) is 11.0. The second kappa shape index (κ2) is 5.30. The van der Waals surface area contributed by atoms with Crippen molar-refractivity contribution < 1.29 is 0 Å². The largest absolute Gasteiger partial charge is 0.364 e. The van der Waals surface area contributed by atoms with E-state index >= 15 is 0 Å². The lowest BCUT2D eigenvalue weighted by Crippen LogP contribution is -2.32. The summed E-state index contributed by atoms with van der Waals surface area (Å²) in [6.45, 7) is 7.36. The first-order valence-electron chi connectivity index (χ1n) is 6.31. The highest BCUT2D eigenvalue weighted by molar-refractivity contribution is 5.35. The van der Waals surface area contributed by atoms with Crippen molar-refractivity contribution in [2.24, 2.45) is 0 Å². The molecule has 6 nitrogen and oxygen atoms in total. The monoisotopic (exact) mass is 249 g/mol. The minimum Gasteiger partial charge on any atom is -0.314 e. The van der Waals surface area contributed by atoms with Gasteiger partial charge in [0.2, 0.25) is 0 Å². The summed E-state index contributed by atoms with van der Waals surface area (Å²) in [4.78, 5) is 11.5. The third kappa shape index (κ3) is 2.43. The number of aromatic nitrogens is 4. The van der Waals surface area contributed by atoms with E-state index in [1.807, 2.05) is 12.1 Å². The molecular formula is C12H19N5O. The van der Waals surface area contributed by atoms with Crippen molar-refractivity contribution in [3.63, 3.8) is 0 Å². The molecule has 0 spiro atoms. The smallest absolute Gasteiger partial charge is 0.314 e. The number of hydrogen-bond acceptors (Lipinski definition) is 4. The van der Waals surface area contributed by atoms with Gasteiger partial charge in [0.1, 0.15) is 0 Å². The first-order valence-corrected chi connectivity index (χ1v) is 6.31. The van der Waals surface area contributed by atoms with Crippen LogP contribution in [-0.2, 0) is 0 Å². The van der Waals surface area contributed by atoms with Crippen molar-refractivity contribution in [1.82, 2.24) is 25.1 Å². The van der Waals surface area contributed by atoms with E-state index in [1.165, 1.54) is 4.52 Å². The fourth-order valence-corrected chi connectivity index (χ4v) is 1.86. The zero-order chi connectivity index (χ0) is 13.1. The molecule has 0 aromatic carbocycles. The molecule has 2 unspecified atom stereocenters. The number of nitrogens with zero attached hydrogens (tertiary/aromatic N) is 3. The van der Waals surface area contributed by atoms with Gasteiger partial charge in [0.25, 0.3) is 0 Å². The Bertz CT molecular complexity index is 573. The van der Waals surface area contributed by atoms with Crippen molar-refractivity contribution in [3.8, 4) is 0 Å². The molecule has 2 atom stereocenters. The molecule has 0 amide bonds. The molecule has 2 rings (SSSR count). The third-order valence-corrected chi connectivity index (χ3v) is 3.23. The summed E-state index contributed by atoms with van der Waals surface area (Å²) >= 11 is 0. The number of nitrogens with one attached hydrogen (secondary N) is 2. The van der Waals surface area contributed by atoms with Gasteiger partial charge in [-0.25, -0.2) is 9.89 Å². The summed E-state index contributed by atoms with van der Waals surface area (Å²) in [5.74, 6) is 0.239. The Kier molecular flexibility index (Phi) is 3.76. The van der Waals surface area contributed by atoms with E-state index in [2.05, 4.69) is 41.4 Å². The standard InChI is InChI=1S/C12H19N5O/c1-4-7-13-9(3)8(2)10-5-6-11-14-15-12(18)17(11)16-10/h5-6,8-9,13H,4,7H2,1-3H3,(H,15,18). The Hall–Kier alpha value is -1.69. The predicted octanol–water partition coefficient (Wildman–Crippen LogP) is 0.909. The van der Waals surface area contributed by atoms with Crippen LogP contribution in [0.25, 0.3) is 5.65 Å². The predicted molar refractivity (Wildman–Crippen MR) is 69.8 cm³/mol. The number of aromatic amines is 1. The molecule has 0 saturated heterocycles. The minimum absolute atomic E-state index is 0.239. The highest BCUT2D eigenvalue weighted by Crippen LogP contribution is 2.16. The molecule has 0 bridgehead atoms. The lowest BCUT2D eigenvalue weighted by Gasteiger charge is -2.20. The van der Waals surface area contributed by atoms with Gasteiger partial charge in [0.05, 0.1) is 5.69 Å². The molecular weight excluding hydrogens is 230 g/mol. The second-order valence-electron chi connectivity index (χ2n) is 4.59. The molecule has 0 saturated carbocycles. The molecule has 18 heavy (non-hydrogen) atoms. The summed E-state index contributed by atoms with van der Waals surface area (Å²) in [6.07, 6.45) is 1.10. The molecule has 2 N–H and O–H groups in total. The molecule has 0 aliphatic rings. The van der Waals surface area contributed by atoms with Gasteiger partial charge in [-0.15, -0.1) is 0 Å². The van der Waals surface area contributed by atoms with Gasteiger partial charge >= 0.3 is 5.69 Å². The maximum Gasteiger partial charge on any atom is 0.364 e. The van der Waals surface area contributed by atoms with Crippen LogP contribution in [-0.4, -0.2) is 32.4 Å². The van der Waals surface area contributed by atoms with E-state index in [-0.39, 0.29) is 11.6 Å². The molecule has 0 fully saturated rings. The SMILES string of the molecule is CCCNC(C)C(C)c1ccc2n[nH]c(=O)n2n1. The van der Waals surface area contributed by atoms with Crippen molar-refractivity contribution in [2.45, 2.75) is 39.2 Å². The normalized spacial score (nSPS) is 14.8. The van der Waals surface area contributed by atoms with Crippen LogP contribution in [0.15, 0.2) is 16.9 Å². The molecule has 6 heteroatoms. The Balaban J connectivity index is 2.24. The van der Waals surface area contributed by atoms with Crippen molar-refractivity contribution in [3.05, 3.63) is 28.3 Å². The van der Waals surface area contributed by atoms with Crippen LogP contribution in [0, 0.1) is 0 Å². The quantitative estimate of drug-likeness (QED) is 0.826. The maximum absolute atomic E-state index is 11.5. The van der Waals surface area contributed by atoms with Crippen LogP contribution >= 0.6 is 0 Å². The summed E-state index contributed by atoms with van der Waals surface area (Å²) in [6, 6.07) is 4.05.